The molecule has 3 N–H and O–H groups in total. The Kier molecular flexibility index (Phi) is 4.14. The van der Waals surface area contributed by atoms with E-state index in [2.05, 4.69) is 4.98 Å². The van der Waals surface area contributed by atoms with Crippen LogP contribution in [0, 0.1) is 13.8 Å². The quantitative estimate of drug-likeness (QED) is 0.883. The van der Waals surface area contributed by atoms with Gasteiger partial charge in [-0.05, 0) is 31.5 Å². The smallest absolute Gasteiger partial charge is 0.224 e. The number of benzene rings is 1. The summed E-state index contributed by atoms with van der Waals surface area (Å²) in [5.41, 5.74) is 9.31. The molecule has 0 spiro atoms. The van der Waals surface area contributed by atoms with Gasteiger partial charge < -0.3 is 15.6 Å². The van der Waals surface area contributed by atoms with Gasteiger partial charge in [0.25, 0.3) is 0 Å². The van der Waals surface area contributed by atoms with Crippen LogP contribution in [-0.4, -0.2) is 10.1 Å². The Morgan fingerprint density at radius 2 is 2.00 bits per heavy atom. The molecule has 2 rings (SSSR count). The molecule has 0 unspecified atom stereocenters. The van der Waals surface area contributed by atoms with E-state index in [1.165, 1.54) is 0 Å². The highest BCUT2D eigenvalue weighted by atomic mass is 16.5. The number of ether oxygens (including phenoxy) is 1. The Bertz CT molecular complexity index is 582. The van der Waals surface area contributed by atoms with Crippen molar-refractivity contribution >= 4 is 0 Å². The lowest BCUT2D eigenvalue weighted by Gasteiger charge is -2.14. The molecule has 0 aliphatic rings. The molecule has 0 saturated carbocycles. The van der Waals surface area contributed by atoms with Crippen LogP contribution in [0.15, 0.2) is 30.3 Å². The third-order valence-electron chi connectivity index (χ3n) is 2.99. The molecular formula is C15H18N2O2. The zero-order chi connectivity index (χ0) is 13.8. The van der Waals surface area contributed by atoms with Gasteiger partial charge in [-0.3, -0.25) is 0 Å². The molecule has 0 saturated heterocycles. The van der Waals surface area contributed by atoms with Crippen molar-refractivity contribution in [2.45, 2.75) is 27.0 Å². The van der Waals surface area contributed by atoms with Gasteiger partial charge >= 0.3 is 0 Å². The molecule has 0 bridgehead atoms. The number of para-hydroxylation sites is 1. The van der Waals surface area contributed by atoms with Crippen molar-refractivity contribution in [2.24, 2.45) is 5.73 Å². The number of hydrogen-bond acceptors (Lipinski definition) is 4. The SMILES string of the molecule is Cc1cc(C)c(CN)c(Oc2ccccc2CO)n1. The van der Waals surface area contributed by atoms with Gasteiger partial charge in [0.15, 0.2) is 0 Å². The maximum absolute atomic E-state index is 9.31. The van der Waals surface area contributed by atoms with Crippen LogP contribution in [0.4, 0.5) is 0 Å². The summed E-state index contributed by atoms with van der Waals surface area (Å²) in [7, 11) is 0. The molecule has 0 aliphatic heterocycles. The summed E-state index contributed by atoms with van der Waals surface area (Å²) in [6.45, 7) is 4.20. The predicted octanol–water partition coefficient (Wildman–Crippen LogP) is 2.44. The van der Waals surface area contributed by atoms with Crippen LogP contribution in [0.5, 0.6) is 11.6 Å². The Hall–Kier alpha value is -1.91. The van der Waals surface area contributed by atoms with E-state index in [0.717, 1.165) is 22.4 Å². The molecule has 1 aromatic carbocycles. The number of aliphatic hydroxyl groups is 1. The molecule has 0 amide bonds. The Morgan fingerprint density at radius 1 is 1.26 bits per heavy atom. The number of aryl methyl sites for hydroxylation is 2. The molecular weight excluding hydrogens is 240 g/mol. The number of aromatic nitrogens is 1. The lowest BCUT2D eigenvalue weighted by molar-refractivity contribution is 0.276. The van der Waals surface area contributed by atoms with E-state index >= 15 is 0 Å². The van der Waals surface area contributed by atoms with Crippen molar-refractivity contribution in [3.8, 4) is 11.6 Å². The summed E-state index contributed by atoms with van der Waals surface area (Å²) in [6, 6.07) is 9.33. The topological polar surface area (TPSA) is 68.4 Å². The number of aliphatic hydroxyl groups excluding tert-OH is 1. The third kappa shape index (κ3) is 2.92. The van der Waals surface area contributed by atoms with Gasteiger partial charge in [0.05, 0.1) is 6.61 Å². The molecule has 1 heterocycles. The fraction of sp³-hybridized carbons (Fsp3) is 0.267. The van der Waals surface area contributed by atoms with Gasteiger partial charge in [-0.1, -0.05) is 18.2 Å². The molecule has 19 heavy (non-hydrogen) atoms. The van der Waals surface area contributed by atoms with Crippen LogP contribution in [0.3, 0.4) is 0 Å². The maximum atomic E-state index is 9.31. The first kappa shape index (κ1) is 13.5. The van der Waals surface area contributed by atoms with Crippen LogP contribution in [0.2, 0.25) is 0 Å². The van der Waals surface area contributed by atoms with Crippen molar-refractivity contribution in [3.05, 3.63) is 52.7 Å². The Morgan fingerprint density at radius 3 is 2.68 bits per heavy atom. The second-order valence-corrected chi connectivity index (χ2v) is 4.44. The summed E-state index contributed by atoms with van der Waals surface area (Å²) >= 11 is 0. The van der Waals surface area contributed by atoms with Crippen molar-refractivity contribution in [1.29, 1.82) is 0 Å². The minimum Gasteiger partial charge on any atom is -0.438 e. The molecule has 0 radical (unpaired) electrons. The third-order valence-corrected chi connectivity index (χ3v) is 2.99. The van der Waals surface area contributed by atoms with Crippen LogP contribution >= 0.6 is 0 Å². The summed E-state index contributed by atoms with van der Waals surface area (Å²) in [6.07, 6.45) is 0. The molecule has 100 valence electrons. The van der Waals surface area contributed by atoms with Gasteiger partial charge in [-0.25, -0.2) is 4.98 Å². The highest BCUT2D eigenvalue weighted by Gasteiger charge is 2.11. The predicted molar refractivity (Wildman–Crippen MR) is 74.0 cm³/mol. The second-order valence-electron chi connectivity index (χ2n) is 4.44. The van der Waals surface area contributed by atoms with Gasteiger partial charge in [0.2, 0.25) is 5.88 Å². The van der Waals surface area contributed by atoms with E-state index in [0.29, 0.717) is 18.2 Å². The fourth-order valence-corrected chi connectivity index (χ4v) is 2.00. The molecule has 4 heteroatoms. The van der Waals surface area contributed by atoms with Crippen LogP contribution in [-0.2, 0) is 13.2 Å². The molecule has 0 fully saturated rings. The largest absolute Gasteiger partial charge is 0.438 e. The standard InChI is InChI=1S/C15H18N2O2/c1-10-7-11(2)17-15(13(10)8-16)19-14-6-4-3-5-12(14)9-18/h3-7,18H,8-9,16H2,1-2H3. The first-order valence-electron chi connectivity index (χ1n) is 6.19. The minimum atomic E-state index is -0.0705. The van der Waals surface area contributed by atoms with E-state index in [1.54, 1.807) is 0 Å². The Labute approximate surface area is 112 Å². The molecule has 0 atom stereocenters. The first-order chi connectivity index (χ1) is 9.15. The van der Waals surface area contributed by atoms with E-state index in [1.807, 2.05) is 44.2 Å². The number of nitrogens with two attached hydrogens (primary N) is 1. The fourth-order valence-electron chi connectivity index (χ4n) is 2.00. The molecule has 0 aliphatic carbocycles. The van der Waals surface area contributed by atoms with Gasteiger partial charge in [-0.15, -0.1) is 0 Å². The monoisotopic (exact) mass is 258 g/mol. The number of nitrogens with zero attached hydrogens (tertiary/aromatic N) is 1. The van der Waals surface area contributed by atoms with Crippen molar-refractivity contribution < 1.29 is 9.84 Å². The van der Waals surface area contributed by atoms with Crippen molar-refractivity contribution in [2.75, 3.05) is 0 Å². The normalized spacial score (nSPS) is 10.5. The van der Waals surface area contributed by atoms with Crippen LogP contribution < -0.4 is 10.5 Å². The van der Waals surface area contributed by atoms with Crippen molar-refractivity contribution in [1.82, 2.24) is 4.98 Å². The number of rotatable bonds is 4. The second kappa shape index (κ2) is 5.82. The van der Waals surface area contributed by atoms with E-state index in [4.69, 9.17) is 10.5 Å². The number of pyridine rings is 1. The summed E-state index contributed by atoms with van der Waals surface area (Å²) < 4.78 is 5.83. The van der Waals surface area contributed by atoms with Gasteiger partial charge in [0.1, 0.15) is 5.75 Å². The molecule has 4 nitrogen and oxygen atoms in total. The zero-order valence-electron chi connectivity index (χ0n) is 11.2. The lowest BCUT2D eigenvalue weighted by Crippen LogP contribution is -2.05. The van der Waals surface area contributed by atoms with E-state index in [-0.39, 0.29) is 6.61 Å². The summed E-state index contributed by atoms with van der Waals surface area (Å²) in [5, 5.41) is 9.31. The minimum absolute atomic E-state index is 0.0705. The first-order valence-corrected chi connectivity index (χ1v) is 6.19. The average molecular weight is 258 g/mol. The molecule has 1 aromatic heterocycles. The highest BCUT2D eigenvalue weighted by molar-refractivity contribution is 5.41. The number of hydrogen-bond donors (Lipinski definition) is 2. The lowest BCUT2D eigenvalue weighted by atomic mass is 10.1. The zero-order valence-corrected chi connectivity index (χ0v) is 11.2. The van der Waals surface area contributed by atoms with E-state index in [9.17, 15) is 5.11 Å². The molecule has 2 aromatic rings. The summed E-state index contributed by atoms with van der Waals surface area (Å²) in [4.78, 5) is 4.39. The van der Waals surface area contributed by atoms with Gasteiger partial charge in [-0.2, -0.15) is 0 Å². The average Bonchev–Trinajstić information content (AvgIpc) is 2.39. The van der Waals surface area contributed by atoms with Crippen LogP contribution in [0.25, 0.3) is 0 Å². The van der Waals surface area contributed by atoms with Crippen LogP contribution in [0.1, 0.15) is 22.4 Å². The van der Waals surface area contributed by atoms with Gasteiger partial charge in [0, 0.05) is 23.4 Å². The summed E-state index contributed by atoms with van der Waals surface area (Å²) in [5.74, 6) is 1.12. The Balaban J connectivity index is 2.43. The van der Waals surface area contributed by atoms with E-state index < -0.39 is 0 Å². The maximum Gasteiger partial charge on any atom is 0.224 e. The highest BCUT2D eigenvalue weighted by Crippen LogP contribution is 2.28. The van der Waals surface area contributed by atoms with Crippen molar-refractivity contribution in [3.63, 3.8) is 0 Å².